The molecule has 2 rings (SSSR count). The van der Waals surface area contributed by atoms with Gasteiger partial charge in [-0.15, -0.1) is 0 Å². The van der Waals surface area contributed by atoms with Crippen molar-refractivity contribution in [3.05, 3.63) is 70.7 Å². The van der Waals surface area contributed by atoms with Crippen LogP contribution in [0.2, 0.25) is 5.02 Å². The summed E-state index contributed by atoms with van der Waals surface area (Å²) >= 11 is 5.96. The SMILES string of the molecule is C[C@@H](NC(=O)[C@@H](N)Cc1ccccc1)c1cccc(Cl)c1. The monoisotopic (exact) mass is 302 g/mol. The molecule has 0 radical (unpaired) electrons. The first kappa shape index (κ1) is 15.5. The number of amides is 1. The maximum absolute atomic E-state index is 12.1. The summed E-state index contributed by atoms with van der Waals surface area (Å²) in [7, 11) is 0. The molecule has 0 aliphatic carbocycles. The molecule has 3 N–H and O–H groups in total. The van der Waals surface area contributed by atoms with Crippen molar-refractivity contribution in [1.29, 1.82) is 0 Å². The van der Waals surface area contributed by atoms with Crippen molar-refractivity contribution in [3.8, 4) is 0 Å². The Morgan fingerprint density at radius 2 is 1.90 bits per heavy atom. The number of benzene rings is 2. The Labute approximate surface area is 130 Å². The zero-order chi connectivity index (χ0) is 15.2. The zero-order valence-corrected chi connectivity index (χ0v) is 12.7. The fourth-order valence-electron chi connectivity index (χ4n) is 2.14. The van der Waals surface area contributed by atoms with E-state index in [9.17, 15) is 4.79 Å². The number of hydrogen-bond acceptors (Lipinski definition) is 2. The van der Waals surface area contributed by atoms with E-state index in [1.54, 1.807) is 6.07 Å². The molecule has 4 heteroatoms. The molecule has 0 bridgehead atoms. The zero-order valence-electron chi connectivity index (χ0n) is 11.9. The second-order valence-electron chi connectivity index (χ2n) is 5.08. The van der Waals surface area contributed by atoms with Crippen molar-refractivity contribution in [2.45, 2.75) is 25.4 Å². The number of nitrogens with two attached hydrogens (primary N) is 1. The molecular weight excluding hydrogens is 284 g/mol. The van der Waals surface area contributed by atoms with Gasteiger partial charge < -0.3 is 11.1 Å². The summed E-state index contributed by atoms with van der Waals surface area (Å²) in [4.78, 5) is 12.1. The average molecular weight is 303 g/mol. The molecule has 0 saturated heterocycles. The quantitative estimate of drug-likeness (QED) is 0.892. The van der Waals surface area contributed by atoms with Crippen molar-refractivity contribution < 1.29 is 4.79 Å². The minimum atomic E-state index is -0.561. The summed E-state index contributed by atoms with van der Waals surface area (Å²) in [5.74, 6) is -0.161. The summed E-state index contributed by atoms with van der Waals surface area (Å²) in [5, 5.41) is 3.58. The largest absolute Gasteiger partial charge is 0.348 e. The minimum Gasteiger partial charge on any atom is -0.348 e. The lowest BCUT2D eigenvalue weighted by atomic mass is 10.0. The van der Waals surface area contributed by atoms with E-state index >= 15 is 0 Å². The summed E-state index contributed by atoms with van der Waals surface area (Å²) in [6, 6.07) is 16.5. The number of carbonyl (C=O) groups is 1. The van der Waals surface area contributed by atoms with Gasteiger partial charge in [0.05, 0.1) is 12.1 Å². The maximum atomic E-state index is 12.1. The minimum absolute atomic E-state index is 0.127. The van der Waals surface area contributed by atoms with Crippen LogP contribution in [-0.2, 0) is 11.2 Å². The Hall–Kier alpha value is -1.84. The molecule has 0 heterocycles. The lowest BCUT2D eigenvalue weighted by Crippen LogP contribution is -2.42. The van der Waals surface area contributed by atoms with Gasteiger partial charge in [-0.3, -0.25) is 4.79 Å². The van der Waals surface area contributed by atoms with Gasteiger partial charge in [-0.05, 0) is 36.6 Å². The Morgan fingerprint density at radius 3 is 2.57 bits per heavy atom. The number of hydrogen-bond donors (Lipinski definition) is 2. The number of halogens is 1. The second kappa shape index (κ2) is 7.25. The first-order valence-electron chi connectivity index (χ1n) is 6.91. The lowest BCUT2D eigenvalue weighted by Gasteiger charge is -2.18. The molecule has 2 atom stereocenters. The van der Waals surface area contributed by atoms with Gasteiger partial charge in [0.1, 0.15) is 0 Å². The summed E-state index contributed by atoms with van der Waals surface area (Å²) in [6.45, 7) is 1.92. The normalized spacial score (nSPS) is 13.5. The average Bonchev–Trinajstić information content (AvgIpc) is 2.48. The molecule has 0 fully saturated rings. The number of carbonyl (C=O) groups excluding carboxylic acids is 1. The van der Waals surface area contributed by atoms with Crippen molar-refractivity contribution in [3.63, 3.8) is 0 Å². The van der Waals surface area contributed by atoms with Gasteiger partial charge in [0.2, 0.25) is 5.91 Å². The van der Waals surface area contributed by atoms with Crippen LogP contribution in [0.4, 0.5) is 0 Å². The van der Waals surface area contributed by atoms with Crippen LogP contribution in [0.1, 0.15) is 24.1 Å². The van der Waals surface area contributed by atoms with Crippen molar-refractivity contribution in [2.24, 2.45) is 5.73 Å². The highest BCUT2D eigenvalue weighted by molar-refractivity contribution is 6.30. The van der Waals surface area contributed by atoms with Crippen LogP contribution in [0.25, 0.3) is 0 Å². The number of rotatable bonds is 5. The van der Waals surface area contributed by atoms with E-state index in [0.717, 1.165) is 11.1 Å². The van der Waals surface area contributed by atoms with E-state index in [1.807, 2.05) is 55.5 Å². The number of nitrogens with one attached hydrogen (secondary N) is 1. The molecule has 0 unspecified atom stereocenters. The summed E-state index contributed by atoms with van der Waals surface area (Å²) in [5.41, 5.74) is 7.98. The van der Waals surface area contributed by atoms with E-state index in [-0.39, 0.29) is 11.9 Å². The highest BCUT2D eigenvalue weighted by Gasteiger charge is 2.17. The van der Waals surface area contributed by atoms with Crippen LogP contribution in [0.5, 0.6) is 0 Å². The Bertz CT molecular complexity index is 601. The molecule has 0 aromatic heterocycles. The van der Waals surface area contributed by atoms with Crippen LogP contribution in [0.15, 0.2) is 54.6 Å². The van der Waals surface area contributed by atoms with Crippen LogP contribution in [0.3, 0.4) is 0 Å². The van der Waals surface area contributed by atoms with E-state index in [1.165, 1.54) is 0 Å². The van der Waals surface area contributed by atoms with Crippen LogP contribution in [0, 0.1) is 0 Å². The molecule has 3 nitrogen and oxygen atoms in total. The summed E-state index contributed by atoms with van der Waals surface area (Å²) in [6.07, 6.45) is 0.523. The van der Waals surface area contributed by atoms with Gasteiger partial charge in [0.15, 0.2) is 0 Å². The molecule has 2 aromatic rings. The van der Waals surface area contributed by atoms with Crippen molar-refractivity contribution >= 4 is 17.5 Å². The second-order valence-corrected chi connectivity index (χ2v) is 5.52. The predicted octanol–water partition coefficient (Wildman–Crippen LogP) is 3.09. The predicted molar refractivity (Wildman–Crippen MR) is 86.1 cm³/mol. The highest BCUT2D eigenvalue weighted by atomic mass is 35.5. The van der Waals surface area contributed by atoms with Gasteiger partial charge in [-0.25, -0.2) is 0 Å². The Morgan fingerprint density at radius 1 is 1.19 bits per heavy atom. The highest BCUT2D eigenvalue weighted by Crippen LogP contribution is 2.17. The van der Waals surface area contributed by atoms with E-state index < -0.39 is 6.04 Å². The molecule has 1 amide bonds. The standard InChI is InChI=1S/C17H19ClN2O/c1-12(14-8-5-9-15(18)11-14)20-17(21)16(19)10-13-6-3-2-4-7-13/h2-9,11-12,16H,10,19H2,1H3,(H,20,21)/t12-,16+/m1/s1. The Kier molecular flexibility index (Phi) is 5.37. The van der Waals surface area contributed by atoms with E-state index in [0.29, 0.717) is 11.4 Å². The van der Waals surface area contributed by atoms with Gasteiger partial charge in [0.25, 0.3) is 0 Å². The summed E-state index contributed by atoms with van der Waals surface area (Å²) < 4.78 is 0. The van der Waals surface area contributed by atoms with Crippen molar-refractivity contribution in [1.82, 2.24) is 5.32 Å². The molecule has 0 aliphatic rings. The van der Waals surface area contributed by atoms with Crippen LogP contribution in [-0.4, -0.2) is 11.9 Å². The lowest BCUT2D eigenvalue weighted by molar-refractivity contribution is -0.123. The molecule has 110 valence electrons. The van der Waals surface area contributed by atoms with E-state index in [4.69, 9.17) is 17.3 Å². The van der Waals surface area contributed by atoms with Crippen LogP contribution >= 0.6 is 11.6 Å². The van der Waals surface area contributed by atoms with Gasteiger partial charge in [-0.1, -0.05) is 54.1 Å². The molecule has 0 saturated carbocycles. The fraction of sp³-hybridized carbons (Fsp3) is 0.235. The topological polar surface area (TPSA) is 55.1 Å². The first-order valence-corrected chi connectivity index (χ1v) is 7.29. The maximum Gasteiger partial charge on any atom is 0.237 e. The first-order chi connectivity index (χ1) is 10.1. The molecule has 0 spiro atoms. The van der Waals surface area contributed by atoms with E-state index in [2.05, 4.69) is 5.32 Å². The molecule has 0 aliphatic heterocycles. The van der Waals surface area contributed by atoms with Gasteiger partial charge in [0, 0.05) is 5.02 Å². The van der Waals surface area contributed by atoms with Gasteiger partial charge >= 0.3 is 0 Å². The fourth-order valence-corrected chi connectivity index (χ4v) is 2.34. The van der Waals surface area contributed by atoms with Crippen LogP contribution < -0.4 is 11.1 Å². The molecular formula is C17H19ClN2O. The Balaban J connectivity index is 1.94. The molecule has 21 heavy (non-hydrogen) atoms. The third-order valence-electron chi connectivity index (χ3n) is 3.34. The third-order valence-corrected chi connectivity index (χ3v) is 3.58. The van der Waals surface area contributed by atoms with Crippen molar-refractivity contribution in [2.75, 3.05) is 0 Å². The molecule has 2 aromatic carbocycles. The third kappa shape index (κ3) is 4.59. The van der Waals surface area contributed by atoms with Gasteiger partial charge in [-0.2, -0.15) is 0 Å². The smallest absolute Gasteiger partial charge is 0.237 e.